The van der Waals surface area contributed by atoms with Crippen LogP contribution in [-0.2, 0) is 11.3 Å². The van der Waals surface area contributed by atoms with E-state index >= 15 is 0 Å². The van der Waals surface area contributed by atoms with Crippen LogP contribution in [0.5, 0.6) is 0 Å². The van der Waals surface area contributed by atoms with Crippen LogP contribution in [0.2, 0.25) is 0 Å². The van der Waals surface area contributed by atoms with Crippen LogP contribution in [-0.4, -0.2) is 51.4 Å². The molecule has 1 aliphatic rings. The Morgan fingerprint density at radius 2 is 1.83 bits per heavy atom. The van der Waals surface area contributed by atoms with Gasteiger partial charge in [-0.05, 0) is 30.7 Å². The number of aryl methyl sites for hydroxylation is 1. The number of rotatable bonds is 4. The van der Waals surface area contributed by atoms with Crippen LogP contribution < -0.4 is 15.3 Å². The van der Waals surface area contributed by atoms with Crippen LogP contribution in [0.4, 0.5) is 27.8 Å². The van der Waals surface area contributed by atoms with Gasteiger partial charge in [-0.3, -0.25) is 9.20 Å². The molecule has 0 radical (unpaired) electrons. The number of halogens is 5. The number of aromatic nitrogens is 3. The lowest BCUT2D eigenvalue weighted by atomic mass is 10.1. The number of carbonyl (C=O) groups is 2. The normalized spacial score (nSPS) is 15.8. The first-order valence-electron chi connectivity index (χ1n) is 10.6. The maximum absolute atomic E-state index is 13.4. The summed E-state index contributed by atoms with van der Waals surface area (Å²) >= 11 is 0. The number of aliphatic carboxylic acids is 1. The van der Waals surface area contributed by atoms with Crippen molar-refractivity contribution in [3.63, 3.8) is 0 Å². The molecule has 13 heteroatoms. The molecule has 0 aromatic carbocycles. The van der Waals surface area contributed by atoms with E-state index in [1.807, 2.05) is 31.2 Å². The summed E-state index contributed by atoms with van der Waals surface area (Å²) in [6.45, 7) is 3.23. The van der Waals surface area contributed by atoms with E-state index in [0.717, 1.165) is 21.7 Å². The van der Waals surface area contributed by atoms with Gasteiger partial charge in [0.05, 0.1) is 31.4 Å². The molecule has 0 atom stereocenters. The van der Waals surface area contributed by atoms with E-state index in [1.165, 1.54) is 0 Å². The average molecular weight is 499 g/mol. The maximum Gasteiger partial charge on any atom is 0.430 e. The topological polar surface area (TPSA) is 104 Å². The first-order valence-corrected chi connectivity index (χ1v) is 10.6. The average Bonchev–Trinajstić information content (AvgIpc) is 3.15. The Morgan fingerprint density at radius 3 is 2.40 bits per heavy atom. The highest BCUT2D eigenvalue weighted by atomic mass is 19.4. The maximum atomic E-state index is 13.4. The summed E-state index contributed by atoms with van der Waals surface area (Å²) in [5.74, 6) is -5.22. The number of pyridine rings is 2. The molecule has 0 aliphatic carbocycles. The number of nitrogens with one attached hydrogen (secondary N) is 2. The molecule has 188 valence electrons. The van der Waals surface area contributed by atoms with Crippen LogP contribution in [0.15, 0.2) is 42.7 Å². The highest BCUT2D eigenvalue weighted by molar-refractivity contribution is 6.02. The summed E-state index contributed by atoms with van der Waals surface area (Å²) in [6.07, 6.45) is -1.95. The Morgan fingerprint density at radius 1 is 1.17 bits per heavy atom. The van der Waals surface area contributed by atoms with Crippen molar-refractivity contribution < 1.29 is 41.5 Å². The molecule has 2 N–H and O–H groups in total. The number of anilines is 1. The SMILES string of the molecule is Cc1ccc(NC(=O)c2nc(C[NH+]3CCC(F)(F)CC3)c3ccccn23)nc1.O=C([O-])C(F)(F)F. The molecule has 0 spiro atoms. The molecular weight excluding hydrogens is 477 g/mol. The number of likely N-dealkylation sites (tertiary alicyclic amines) is 1. The summed E-state index contributed by atoms with van der Waals surface area (Å²) < 4.78 is 60.1. The molecule has 1 fully saturated rings. The third kappa shape index (κ3) is 6.94. The van der Waals surface area contributed by atoms with Crippen LogP contribution in [0.1, 0.15) is 34.7 Å². The Hall–Kier alpha value is -3.61. The summed E-state index contributed by atoms with van der Waals surface area (Å²) in [5.41, 5.74) is 2.55. The minimum absolute atomic E-state index is 0.111. The number of imidazole rings is 1. The van der Waals surface area contributed by atoms with Gasteiger partial charge in [0.25, 0.3) is 11.8 Å². The molecule has 8 nitrogen and oxygen atoms in total. The number of amides is 1. The van der Waals surface area contributed by atoms with Crippen molar-refractivity contribution in [3.8, 4) is 0 Å². The molecule has 0 saturated carbocycles. The van der Waals surface area contributed by atoms with Gasteiger partial charge in [-0.25, -0.2) is 18.7 Å². The lowest BCUT2D eigenvalue weighted by molar-refractivity contribution is -0.921. The molecule has 1 aliphatic heterocycles. The summed E-state index contributed by atoms with van der Waals surface area (Å²) in [5, 5.41) is 11.6. The van der Waals surface area contributed by atoms with Crippen LogP contribution in [0.3, 0.4) is 0 Å². The molecule has 4 heterocycles. The van der Waals surface area contributed by atoms with Gasteiger partial charge in [-0.1, -0.05) is 12.1 Å². The smallest absolute Gasteiger partial charge is 0.430 e. The standard InChI is InChI=1S/C20H21F2N5O.C2HF3O2/c1-14-5-6-17(23-12-14)25-19(28)18-24-15(16-4-2-3-9-27(16)18)13-26-10-7-20(21,22)8-11-26;3-2(4,5)1(6)7/h2-6,9,12H,7-8,10-11,13H2,1H3,(H,23,25,28);(H,6,7). The van der Waals surface area contributed by atoms with Crippen LogP contribution >= 0.6 is 0 Å². The van der Waals surface area contributed by atoms with Gasteiger partial charge in [0.1, 0.15) is 24.0 Å². The van der Waals surface area contributed by atoms with Gasteiger partial charge in [-0.15, -0.1) is 0 Å². The molecule has 1 amide bonds. The Kier molecular flexibility index (Phi) is 7.68. The minimum Gasteiger partial charge on any atom is -0.542 e. The van der Waals surface area contributed by atoms with Crippen molar-refractivity contribution in [2.75, 3.05) is 18.4 Å². The number of carboxylic acid groups (broad SMARTS) is 1. The van der Waals surface area contributed by atoms with Gasteiger partial charge in [0.15, 0.2) is 0 Å². The fourth-order valence-electron chi connectivity index (χ4n) is 3.49. The molecule has 0 unspecified atom stereocenters. The van der Waals surface area contributed by atoms with Crippen molar-refractivity contribution in [2.45, 2.75) is 38.4 Å². The highest BCUT2D eigenvalue weighted by Gasteiger charge is 2.37. The first-order chi connectivity index (χ1) is 16.4. The van der Waals surface area contributed by atoms with Crippen molar-refractivity contribution >= 4 is 23.2 Å². The fourth-order valence-corrected chi connectivity index (χ4v) is 3.49. The number of fused-ring (bicyclic) bond motifs is 1. The van der Waals surface area contributed by atoms with Crippen molar-refractivity contribution in [1.82, 2.24) is 14.4 Å². The zero-order valence-electron chi connectivity index (χ0n) is 18.5. The molecule has 3 aromatic rings. The van der Waals surface area contributed by atoms with Crippen LogP contribution in [0, 0.1) is 6.92 Å². The Balaban J connectivity index is 0.000000429. The predicted octanol–water partition coefficient (Wildman–Crippen LogP) is 1.40. The second-order valence-electron chi connectivity index (χ2n) is 8.08. The Labute approximate surface area is 196 Å². The molecule has 4 rings (SSSR count). The number of carboxylic acids is 1. The van der Waals surface area contributed by atoms with Crippen LogP contribution in [0.25, 0.3) is 5.52 Å². The Bertz CT molecular complexity index is 1180. The van der Waals surface area contributed by atoms with Crippen molar-refractivity contribution in [1.29, 1.82) is 0 Å². The van der Waals surface area contributed by atoms with E-state index in [9.17, 15) is 26.7 Å². The number of quaternary nitrogens is 1. The van der Waals surface area contributed by atoms with Gasteiger partial charge < -0.3 is 20.1 Å². The van der Waals surface area contributed by atoms with E-state index in [1.54, 1.807) is 22.9 Å². The number of hydrogen-bond donors (Lipinski definition) is 2. The number of alkyl halides is 5. The largest absolute Gasteiger partial charge is 0.542 e. The van der Waals surface area contributed by atoms with E-state index in [2.05, 4.69) is 15.3 Å². The second kappa shape index (κ2) is 10.3. The van der Waals surface area contributed by atoms with Gasteiger partial charge in [0, 0.05) is 12.4 Å². The van der Waals surface area contributed by atoms with E-state index in [0.29, 0.717) is 25.5 Å². The zero-order valence-corrected chi connectivity index (χ0v) is 18.5. The summed E-state index contributed by atoms with van der Waals surface area (Å²) in [6, 6.07) is 9.20. The lowest BCUT2D eigenvalue weighted by Gasteiger charge is -2.28. The number of piperidine rings is 1. The quantitative estimate of drug-likeness (QED) is 0.529. The zero-order chi connectivity index (χ0) is 25.8. The van der Waals surface area contributed by atoms with E-state index < -0.39 is 18.1 Å². The fraction of sp³-hybridized carbons (Fsp3) is 0.364. The molecule has 0 bridgehead atoms. The predicted molar refractivity (Wildman–Crippen MR) is 112 cm³/mol. The number of hydrogen-bond acceptors (Lipinski definition) is 5. The number of nitrogens with zero attached hydrogens (tertiary/aromatic N) is 3. The molecule has 35 heavy (non-hydrogen) atoms. The van der Waals surface area contributed by atoms with Crippen molar-refractivity contribution in [3.05, 3.63) is 59.8 Å². The third-order valence-electron chi connectivity index (χ3n) is 5.32. The molecular formula is C22H22F5N5O3. The third-order valence-corrected chi connectivity index (χ3v) is 5.32. The number of carbonyl (C=O) groups excluding carboxylic acids is 2. The minimum atomic E-state index is -5.19. The van der Waals surface area contributed by atoms with E-state index in [-0.39, 0.29) is 24.6 Å². The summed E-state index contributed by atoms with van der Waals surface area (Å²) in [4.78, 5) is 31.3. The summed E-state index contributed by atoms with van der Waals surface area (Å²) in [7, 11) is 0. The van der Waals surface area contributed by atoms with Gasteiger partial charge >= 0.3 is 6.18 Å². The van der Waals surface area contributed by atoms with Crippen molar-refractivity contribution in [2.24, 2.45) is 0 Å². The first kappa shape index (κ1) is 26.0. The van der Waals surface area contributed by atoms with E-state index in [4.69, 9.17) is 9.90 Å². The second-order valence-corrected chi connectivity index (χ2v) is 8.08. The molecule has 3 aromatic heterocycles. The monoisotopic (exact) mass is 499 g/mol. The molecule has 1 saturated heterocycles. The highest BCUT2D eigenvalue weighted by Crippen LogP contribution is 2.23. The lowest BCUT2D eigenvalue weighted by Crippen LogP contribution is -3.12. The van der Waals surface area contributed by atoms with Gasteiger partial charge in [-0.2, -0.15) is 13.2 Å². The van der Waals surface area contributed by atoms with Gasteiger partial charge in [0.2, 0.25) is 5.82 Å².